The van der Waals surface area contributed by atoms with Gasteiger partial charge in [0.15, 0.2) is 0 Å². The van der Waals surface area contributed by atoms with Crippen LogP contribution < -0.4 is 4.74 Å². The van der Waals surface area contributed by atoms with Crippen LogP contribution >= 0.6 is 0 Å². The Hall–Kier alpha value is -1.72. The number of hydrogen-bond donors (Lipinski definition) is 0. The molecule has 0 aliphatic rings. The molecule has 6 heteroatoms. The zero-order valence-electron chi connectivity index (χ0n) is 10.0. The maximum atomic E-state index is 12.5. The number of methoxy groups -OCH3 is 1. The molecule has 1 aromatic carbocycles. The molecule has 0 saturated carbocycles. The van der Waals surface area contributed by atoms with E-state index in [4.69, 9.17) is 9.47 Å². The molecule has 0 amide bonds. The van der Waals surface area contributed by atoms with E-state index < -0.39 is 17.7 Å². The lowest BCUT2D eigenvalue weighted by Gasteiger charge is -2.12. The number of carbonyl (C=O) groups excluding carboxylic acids is 1. The highest BCUT2D eigenvalue weighted by Crippen LogP contribution is 2.32. The highest BCUT2D eigenvalue weighted by molar-refractivity contribution is 5.73. The number of alkyl halides is 3. The van der Waals surface area contributed by atoms with E-state index in [-0.39, 0.29) is 24.3 Å². The van der Waals surface area contributed by atoms with E-state index >= 15 is 0 Å². The second kappa shape index (κ2) is 5.75. The highest BCUT2D eigenvalue weighted by atomic mass is 19.4. The van der Waals surface area contributed by atoms with Gasteiger partial charge < -0.3 is 9.47 Å². The van der Waals surface area contributed by atoms with Gasteiger partial charge in [0.1, 0.15) is 5.75 Å². The van der Waals surface area contributed by atoms with Crippen molar-refractivity contribution in [2.45, 2.75) is 19.5 Å². The molecule has 0 aliphatic carbocycles. The van der Waals surface area contributed by atoms with E-state index in [0.717, 1.165) is 12.1 Å². The fourth-order valence-electron chi connectivity index (χ4n) is 1.46. The van der Waals surface area contributed by atoms with Gasteiger partial charge in [-0.25, -0.2) is 0 Å². The number of carbonyl (C=O) groups is 1. The zero-order valence-corrected chi connectivity index (χ0v) is 10.0. The monoisotopic (exact) mass is 262 g/mol. The van der Waals surface area contributed by atoms with E-state index in [0.29, 0.717) is 0 Å². The van der Waals surface area contributed by atoms with Crippen LogP contribution in [0.2, 0.25) is 0 Å². The molecule has 0 atom stereocenters. The Morgan fingerprint density at radius 1 is 1.33 bits per heavy atom. The van der Waals surface area contributed by atoms with E-state index in [1.165, 1.54) is 13.2 Å². The minimum absolute atomic E-state index is 0.158. The Kier molecular flexibility index (Phi) is 4.58. The first kappa shape index (κ1) is 14.3. The molecule has 0 radical (unpaired) electrons. The van der Waals surface area contributed by atoms with Crippen molar-refractivity contribution in [1.29, 1.82) is 0 Å². The van der Waals surface area contributed by atoms with Crippen molar-refractivity contribution in [2.75, 3.05) is 13.7 Å². The van der Waals surface area contributed by atoms with Crippen LogP contribution in [-0.4, -0.2) is 19.7 Å². The fourth-order valence-corrected chi connectivity index (χ4v) is 1.46. The Morgan fingerprint density at radius 3 is 2.50 bits per heavy atom. The Bertz CT molecular complexity index is 427. The number of rotatable bonds is 4. The first-order chi connectivity index (χ1) is 8.38. The quantitative estimate of drug-likeness (QED) is 0.783. The third kappa shape index (κ3) is 3.65. The van der Waals surface area contributed by atoms with Gasteiger partial charge in [-0.05, 0) is 25.1 Å². The number of halogens is 3. The smallest absolute Gasteiger partial charge is 0.416 e. The van der Waals surface area contributed by atoms with E-state index in [1.54, 1.807) is 6.92 Å². The Balaban J connectivity index is 3.03. The van der Waals surface area contributed by atoms with Gasteiger partial charge in [0.05, 0.1) is 25.7 Å². The summed E-state index contributed by atoms with van der Waals surface area (Å²) in [7, 11) is 1.33. The molecule has 0 aromatic heterocycles. The standard InChI is InChI=1S/C12H13F3O3/c1-3-18-11(16)7-8-6-9(12(13,14)15)4-5-10(8)17-2/h4-6H,3,7H2,1-2H3. The average Bonchev–Trinajstić information content (AvgIpc) is 2.28. The van der Waals surface area contributed by atoms with Gasteiger partial charge in [0.2, 0.25) is 0 Å². The molecule has 0 aliphatic heterocycles. The normalized spacial score (nSPS) is 11.2. The number of benzene rings is 1. The molecular formula is C12H13F3O3. The molecular weight excluding hydrogens is 249 g/mol. The summed E-state index contributed by atoms with van der Waals surface area (Å²) in [6, 6.07) is 3.00. The summed E-state index contributed by atoms with van der Waals surface area (Å²) in [6.45, 7) is 1.81. The summed E-state index contributed by atoms with van der Waals surface area (Å²) >= 11 is 0. The van der Waals surface area contributed by atoms with Crippen molar-refractivity contribution in [3.05, 3.63) is 29.3 Å². The van der Waals surface area contributed by atoms with Gasteiger partial charge in [0, 0.05) is 5.56 Å². The number of ether oxygens (including phenoxy) is 2. The van der Waals surface area contributed by atoms with Crippen LogP contribution in [0.4, 0.5) is 13.2 Å². The SMILES string of the molecule is CCOC(=O)Cc1cc(C(F)(F)F)ccc1OC. The van der Waals surface area contributed by atoms with Crippen molar-refractivity contribution in [1.82, 2.24) is 0 Å². The molecule has 18 heavy (non-hydrogen) atoms. The van der Waals surface area contributed by atoms with Gasteiger partial charge in [-0.15, -0.1) is 0 Å². The number of esters is 1. The predicted octanol–water partition coefficient (Wildman–Crippen LogP) is 2.82. The summed E-state index contributed by atoms with van der Waals surface area (Å²) in [6.07, 6.45) is -4.70. The van der Waals surface area contributed by atoms with Crippen molar-refractivity contribution in [3.63, 3.8) is 0 Å². The first-order valence-corrected chi connectivity index (χ1v) is 5.28. The molecule has 0 unspecified atom stereocenters. The van der Waals surface area contributed by atoms with Gasteiger partial charge in [-0.3, -0.25) is 4.79 Å². The minimum Gasteiger partial charge on any atom is -0.496 e. The summed E-state index contributed by atoms with van der Waals surface area (Å²) in [5.74, 6) is -0.355. The van der Waals surface area contributed by atoms with Crippen molar-refractivity contribution in [3.8, 4) is 5.75 Å². The number of hydrogen-bond acceptors (Lipinski definition) is 3. The Morgan fingerprint density at radius 2 is 2.00 bits per heavy atom. The summed E-state index contributed by atoms with van der Waals surface area (Å²) in [5, 5.41) is 0. The second-order valence-electron chi connectivity index (χ2n) is 3.51. The largest absolute Gasteiger partial charge is 0.496 e. The predicted molar refractivity (Wildman–Crippen MR) is 58.3 cm³/mol. The van der Waals surface area contributed by atoms with Crippen LogP contribution in [0.25, 0.3) is 0 Å². The Labute approximate surface area is 103 Å². The second-order valence-corrected chi connectivity index (χ2v) is 3.51. The third-order valence-corrected chi connectivity index (χ3v) is 2.25. The van der Waals surface area contributed by atoms with Crippen molar-refractivity contribution >= 4 is 5.97 Å². The van der Waals surface area contributed by atoms with Gasteiger partial charge >= 0.3 is 12.1 Å². The zero-order chi connectivity index (χ0) is 13.8. The molecule has 3 nitrogen and oxygen atoms in total. The van der Waals surface area contributed by atoms with Crippen molar-refractivity contribution < 1.29 is 27.4 Å². The van der Waals surface area contributed by atoms with Crippen LogP contribution in [0.15, 0.2) is 18.2 Å². The van der Waals surface area contributed by atoms with Crippen LogP contribution in [0.3, 0.4) is 0 Å². The molecule has 0 saturated heterocycles. The third-order valence-electron chi connectivity index (χ3n) is 2.25. The lowest BCUT2D eigenvalue weighted by Crippen LogP contribution is -2.11. The topological polar surface area (TPSA) is 35.5 Å². The maximum absolute atomic E-state index is 12.5. The molecule has 0 bridgehead atoms. The van der Waals surface area contributed by atoms with E-state index in [2.05, 4.69) is 0 Å². The van der Waals surface area contributed by atoms with Crippen LogP contribution in [0.5, 0.6) is 5.75 Å². The maximum Gasteiger partial charge on any atom is 0.416 e. The summed E-state index contributed by atoms with van der Waals surface area (Å²) in [5.41, 5.74) is -0.659. The molecule has 0 N–H and O–H groups in total. The van der Waals surface area contributed by atoms with Crippen LogP contribution in [-0.2, 0) is 22.1 Å². The van der Waals surface area contributed by atoms with Gasteiger partial charge in [-0.2, -0.15) is 13.2 Å². The molecule has 100 valence electrons. The fraction of sp³-hybridized carbons (Fsp3) is 0.417. The average molecular weight is 262 g/mol. The first-order valence-electron chi connectivity index (χ1n) is 5.28. The van der Waals surface area contributed by atoms with E-state index in [1.807, 2.05) is 0 Å². The summed E-state index contributed by atoms with van der Waals surface area (Å²) in [4.78, 5) is 11.3. The van der Waals surface area contributed by atoms with Crippen LogP contribution in [0.1, 0.15) is 18.1 Å². The molecule has 0 spiro atoms. The molecule has 1 rings (SSSR count). The van der Waals surface area contributed by atoms with Crippen LogP contribution in [0, 0.1) is 0 Å². The highest BCUT2D eigenvalue weighted by Gasteiger charge is 2.31. The lowest BCUT2D eigenvalue weighted by atomic mass is 10.1. The van der Waals surface area contributed by atoms with Crippen molar-refractivity contribution in [2.24, 2.45) is 0 Å². The molecule has 0 fully saturated rings. The molecule has 0 heterocycles. The van der Waals surface area contributed by atoms with E-state index in [9.17, 15) is 18.0 Å². The minimum atomic E-state index is -4.45. The van der Waals surface area contributed by atoms with Gasteiger partial charge in [0.25, 0.3) is 0 Å². The molecule has 1 aromatic rings. The lowest BCUT2D eigenvalue weighted by molar-refractivity contribution is -0.142. The summed E-state index contributed by atoms with van der Waals surface area (Å²) < 4.78 is 47.2. The van der Waals surface area contributed by atoms with Gasteiger partial charge in [-0.1, -0.05) is 0 Å².